The van der Waals surface area contributed by atoms with Crippen molar-refractivity contribution < 1.29 is 17.0 Å². The van der Waals surface area contributed by atoms with Crippen molar-refractivity contribution in [3.05, 3.63) is 146 Å². The van der Waals surface area contributed by atoms with Crippen LogP contribution in [0.25, 0.3) is 54.7 Å². The average Bonchev–Trinajstić information content (AvgIpc) is 3.76. The van der Waals surface area contributed by atoms with E-state index in [9.17, 15) is 0 Å². The summed E-state index contributed by atoms with van der Waals surface area (Å²) < 4.78 is 4.49. The number of rotatable bonds is 2. The summed E-state index contributed by atoms with van der Waals surface area (Å²) in [5.41, 5.74) is 4.98. The Kier molecular flexibility index (Phi) is 7.72. The van der Waals surface area contributed by atoms with Crippen molar-refractivity contribution in [3.63, 3.8) is 0 Å². The third kappa shape index (κ3) is 5.34. The van der Waals surface area contributed by atoms with Crippen molar-refractivity contribution in [2.24, 2.45) is 0 Å². The summed E-state index contributed by atoms with van der Waals surface area (Å²) in [5, 5.41) is 7.75. The largest absolute Gasteiger partial charge is 0.335 e. The number of hydrogen-bond acceptors (Lipinski definition) is 0. The van der Waals surface area contributed by atoms with Gasteiger partial charge >= 0.3 is 35.6 Å². The van der Waals surface area contributed by atoms with E-state index >= 15 is 0 Å². The molecule has 0 spiro atoms. The summed E-state index contributed by atoms with van der Waals surface area (Å²) in [6, 6.07) is 47.2. The summed E-state index contributed by atoms with van der Waals surface area (Å²) in [4.78, 5) is 0. The Balaban J connectivity index is 0.000000129. The number of aromatic nitrogens is 2. The molecular formula is C34H24Cl2N2Ti-2. The van der Waals surface area contributed by atoms with Crippen molar-refractivity contribution in [3.8, 4) is 11.4 Å². The van der Waals surface area contributed by atoms with Gasteiger partial charge in [0.1, 0.15) is 0 Å². The molecule has 5 heteroatoms. The van der Waals surface area contributed by atoms with Gasteiger partial charge in [0, 0.05) is 12.4 Å². The van der Waals surface area contributed by atoms with Gasteiger partial charge in [-0.15, -0.1) is 82.2 Å². The summed E-state index contributed by atoms with van der Waals surface area (Å²) >= 11 is -0.556. The van der Waals surface area contributed by atoms with E-state index in [0.29, 0.717) is 0 Å². The van der Waals surface area contributed by atoms with Gasteiger partial charge in [-0.2, -0.15) is 0 Å². The molecule has 2 nitrogen and oxygen atoms in total. The molecule has 0 N–H and O–H groups in total. The molecule has 0 aliphatic rings. The Hall–Kier alpha value is -3.53. The Labute approximate surface area is 244 Å². The fourth-order valence-corrected chi connectivity index (χ4v) is 5.16. The Morgan fingerprint density at radius 1 is 0.462 bits per heavy atom. The smallest absolute Gasteiger partial charge is 0.0511 e. The third-order valence-electron chi connectivity index (χ3n) is 6.96. The first-order valence-electron chi connectivity index (χ1n) is 12.7. The van der Waals surface area contributed by atoms with E-state index in [4.69, 9.17) is 18.6 Å². The maximum absolute atomic E-state index is 4.89. The van der Waals surface area contributed by atoms with E-state index in [0.717, 1.165) is 0 Å². The Morgan fingerprint density at radius 3 is 1.23 bits per heavy atom. The second-order valence-corrected chi connectivity index (χ2v) is 11.8. The molecule has 0 unspecified atom stereocenters. The van der Waals surface area contributed by atoms with Crippen molar-refractivity contribution in [2.45, 2.75) is 0 Å². The van der Waals surface area contributed by atoms with Crippen LogP contribution in [0, 0.1) is 0 Å². The molecule has 8 aromatic rings. The number of para-hydroxylation sites is 2. The predicted octanol–water partition coefficient (Wildman–Crippen LogP) is 10.4. The fourth-order valence-electron chi connectivity index (χ4n) is 5.16. The van der Waals surface area contributed by atoms with Crippen LogP contribution in [0.3, 0.4) is 0 Å². The third-order valence-corrected chi connectivity index (χ3v) is 6.96. The summed E-state index contributed by atoms with van der Waals surface area (Å²) in [6.07, 6.45) is 4.28. The maximum atomic E-state index is 4.89. The normalized spacial score (nSPS) is 10.8. The second-order valence-electron chi connectivity index (χ2n) is 9.25. The summed E-state index contributed by atoms with van der Waals surface area (Å²) in [6.45, 7) is 0. The molecule has 0 aliphatic carbocycles. The van der Waals surface area contributed by atoms with E-state index in [2.05, 4.69) is 155 Å². The van der Waals surface area contributed by atoms with Crippen LogP contribution in [0.15, 0.2) is 146 Å². The van der Waals surface area contributed by atoms with Gasteiger partial charge in [0.25, 0.3) is 0 Å². The van der Waals surface area contributed by atoms with Gasteiger partial charge in [0.15, 0.2) is 0 Å². The van der Waals surface area contributed by atoms with E-state index in [-0.39, 0.29) is 0 Å². The van der Waals surface area contributed by atoms with Crippen LogP contribution in [0.1, 0.15) is 0 Å². The van der Waals surface area contributed by atoms with Gasteiger partial charge in [-0.05, 0) is 46.4 Å². The molecule has 2 heterocycles. The van der Waals surface area contributed by atoms with Crippen LogP contribution < -0.4 is 0 Å². The monoisotopic (exact) mass is 578 g/mol. The maximum Gasteiger partial charge on any atom is 0.0511 e. The first kappa shape index (κ1) is 25.7. The first-order chi connectivity index (χ1) is 19.2. The molecule has 0 saturated carbocycles. The SMILES string of the molecule is [Cl][Ti][Cl].c1ccc2[cH-]c(-n3ccc4ccccc43)cc2c1.c1ccc2[cH-]c(-n3ccc4ccccc43)cc2c1. The zero-order valence-electron chi connectivity index (χ0n) is 21.0. The molecular weight excluding hydrogens is 555 g/mol. The van der Waals surface area contributed by atoms with Crippen molar-refractivity contribution >= 4 is 62.0 Å². The van der Waals surface area contributed by atoms with Crippen molar-refractivity contribution in [2.75, 3.05) is 0 Å². The summed E-state index contributed by atoms with van der Waals surface area (Å²) in [5.74, 6) is 0. The number of hydrogen-bond donors (Lipinski definition) is 0. The molecule has 0 saturated heterocycles. The minimum absolute atomic E-state index is 0.556. The zero-order valence-corrected chi connectivity index (χ0v) is 24.1. The van der Waals surface area contributed by atoms with Crippen LogP contribution in [0.5, 0.6) is 0 Å². The van der Waals surface area contributed by atoms with Crippen LogP contribution in [-0.4, -0.2) is 9.13 Å². The van der Waals surface area contributed by atoms with Gasteiger partial charge in [-0.25, -0.2) is 0 Å². The van der Waals surface area contributed by atoms with E-state index < -0.39 is 17.0 Å². The average molecular weight is 579 g/mol. The molecule has 0 radical (unpaired) electrons. The zero-order chi connectivity index (χ0) is 26.6. The fraction of sp³-hybridized carbons (Fsp3) is 0. The molecule has 39 heavy (non-hydrogen) atoms. The molecule has 6 aromatic carbocycles. The first-order valence-corrected chi connectivity index (χ1v) is 16.9. The molecule has 0 amide bonds. The summed E-state index contributed by atoms with van der Waals surface area (Å²) in [7, 11) is 9.78. The standard InChI is InChI=1S/2C17H12N.2ClH.Ti/c2*1-2-7-15-12-16(11-14(15)6-1)18-10-9-13-5-3-4-8-17(13)18;;;/h2*1-12H;2*1H;/q2*-1;;;+2/p-2. The number of benzene rings is 4. The van der Waals surface area contributed by atoms with E-state index in [1.165, 1.54) is 54.7 Å². The minimum atomic E-state index is -0.556. The molecule has 0 fully saturated rings. The molecule has 0 aliphatic heterocycles. The Morgan fingerprint density at radius 2 is 0.821 bits per heavy atom. The number of nitrogens with zero attached hydrogens (tertiary/aromatic N) is 2. The number of halogens is 2. The minimum Gasteiger partial charge on any atom is -0.335 e. The topological polar surface area (TPSA) is 9.86 Å². The van der Waals surface area contributed by atoms with Crippen molar-refractivity contribution in [1.82, 2.24) is 9.13 Å². The molecule has 0 bridgehead atoms. The van der Waals surface area contributed by atoms with Crippen molar-refractivity contribution in [1.29, 1.82) is 0 Å². The quantitative estimate of drug-likeness (QED) is 0.143. The van der Waals surface area contributed by atoms with Gasteiger partial charge in [0.2, 0.25) is 0 Å². The number of fused-ring (bicyclic) bond motifs is 4. The predicted molar refractivity (Wildman–Crippen MR) is 164 cm³/mol. The van der Waals surface area contributed by atoms with Crippen LogP contribution in [0.2, 0.25) is 0 Å². The van der Waals surface area contributed by atoms with Crippen LogP contribution in [0.4, 0.5) is 0 Å². The molecule has 8 rings (SSSR count). The molecule has 0 atom stereocenters. The van der Waals surface area contributed by atoms with Gasteiger partial charge in [-0.1, -0.05) is 48.5 Å². The van der Waals surface area contributed by atoms with Crippen LogP contribution >= 0.6 is 18.6 Å². The van der Waals surface area contributed by atoms with Gasteiger partial charge in [0.05, 0.1) is 11.0 Å². The Bertz CT molecular complexity index is 1780. The van der Waals surface area contributed by atoms with Gasteiger partial charge < -0.3 is 9.13 Å². The van der Waals surface area contributed by atoms with Crippen LogP contribution in [-0.2, 0) is 17.0 Å². The van der Waals surface area contributed by atoms with Gasteiger partial charge in [-0.3, -0.25) is 0 Å². The molecule has 190 valence electrons. The second kappa shape index (κ2) is 11.7. The molecule has 2 aromatic heterocycles. The van der Waals surface area contributed by atoms with E-state index in [1.54, 1.807) is 0 Å². The van der Waals surface area contributed by atoms with E-state index in [1.807, 2.05) is 0 Å².